The number of likely N-dealkylation sites (tertiary alicyclic amines) is 1. The fourth-order valence-electron chi connectivity index (χ4n) is 4.53. The second-order valence-corrected chi connectivity index (χ2v) is 9.99. The predicted octanol–water partition coefficient (Wildman–Crippen LogP) is 6.02. The van der Waals surface area contributed by atoms with Gasteiger partial charge in [-0.25, -0.2) is 18.6 Å². The fraction of sp³-hybridized carbons (Fsp3) is 0.308. The zero-order chi connectivity index (χ0) is 26.0. The molecule has 192 valence electrons. The van der Waals surface area contributed by atoms with Crippen LogP contribution in [-0.2, 0) is 12.5 Å². The molecule has 37 heavy (non-hydrogen) atoms. The molecule has 3 aromatic heterocycles. The summed E-state index contributed by atoms with van der Waals surface area (Å²) in [5, 5.41) is 10.5. The van der Waals surface area contributed by atoms with E-state index >= 15 is 0 Å². The zero-order valence-electron chi connectivity index (χ0n) is 20.2. The summed E-state index contributed by atoms with van der Waals surface area (Å²) in [4.78, 5) is 23.5. The van der Waals surface area contributed by atoms with Crippen molar-refractivity contribution in [2.45, 2.75) is 38.2 Å². The number of carbonyl (C=O) groups excluding carboxylic acids is 1. The predicted molar refractivity (Wildman–Crippen MR) is 141 cm³/mol. The molecule has 4 aromatic rings. The van der Waals surface area contributed by atoms with Gasteiger partial charge in [-0.1, -0.05) is 24.3 Å². The smallest absolute Gasteiger partial charge is 0.321 e. The summed E-state index contributed by atoms with van der Waals surface area (Å²) in [5.41, 5.74) is 2.60. The molecule has 11 heteroatoms. The first-order valence-corrected chi connectivity index (χ1v) is 12.8. The summed E-state index contributed by atoms with van der Waals surface area (Å²) in [7, 11) is 0. The van der Waals surface area contributed by atoms with Gasteiger partial charge in [0.15, 0.2) is 5.65 Å². The lowest BCUT2D eigenvalue weighted by Crippen LogP contribution is -2.41. The highest BCUT2D eigenvalue weighted by molar-refractivity contribution is 9.10. The third-order valence-corrected chi connectivity index (χ3v) is 7.05. The van der Waals surface area contributed by atoms with Crippen molar-refractivity contribution >= 4 is 39.1 Å². The Labute approximate surface area is 221 Å². The van der Waals surface area contributed by atoms with E-state index in [9.17, 15) is 13.6 Å². The van der Waals surface area contributed by atoms with Gasteiger partial charge in [-0.3, -0.25) is 4.98 Å². The number of halogens is 3. The number of urea groups is 1. The molecule has 1 fully saturated rings. The Morgan fingerprint density at radius 1 is 1.16 bits per heavy atom. The van der Waals surface area contributed by atoms with Gasteiger partial charge in [0.05, 0.1) is 16.4 Å². The Morgan fingerprint density at radius 3 is 2.68 bits per heavy atom. The average molecular weight is 570 g/mol. The number of amides is 2. The zero-order valence-corrected chi connectivity index (χ0v) is 21.8. The Morgan fingerprint density at radius 2 is 1.95 bits per heavy atom. The molecule has 0 aliphatic carbocycles. The SMILES string of the molecule is CC(F)(F)c1ccccc1NC(=O)N1CCC(c2cc(NCc3cccnc3)n3ncc(Br)c3n2)CC1. The van der Waals surface area contributed by atoms with Gasteiger partial charge in [-0.2, -0.15) is 9.61 Å². The van der Waals surface area contributed by atoms with E-state index in [0.717, 1.165) is 28.5 Å². The normalized spacial score (nSPS) is 14.6. The molecule has 4 heterocycles. The number of para-hydroxylation sites is 1. The van der Waals surface area contributed by atoms with E-state index in [1.54, 1.807) is 27.9 Å². The molecule has 1 aromatic carbocycles. The van der Waals surface area contributed by atoms with Gasteiger partial charge in [0.1, 0.15) is 5.82 Å². The van der Waals surface area contributed by atoms with Crippen LogP contribution in [0.5, 0.6) is 0 Å². The van der Waals surface area contributed by atoms with E-state index in [2.05, 4.69) is 36.6 Å². The Hall–Kier alpha value is -3.60. The number of piperidine rings is 1. The topological polar surface area (TPSA) is 87.5 Å². The van der Waals surface area contributed by atoms with Crippen LogP contribution in [0, 0.1) is 0 Å². The molecule has 1 aliphatic rings. The van der Waals surface area contributed by atoms with Crippen LogP contribution < -0.4 is 10.6 Å². The van der Waals surface area contributed by atoms with E-state index < -0.39 is 5.92 Å². The summed E-state index contributed by atoms with van der Waals surface area (Å²) in [6.07, 6.45) is 6.67. The van der Waals surface area contributed by atoms with Crippen molar-refractivity contribution in [3.63, 3.8) is 0 Å². The van der Waals surface area contributed by atoms with Crippen molar-refractivity contribution in [1.82, 2.24) is 24.5 Å². The number of anilines is 2. The number of benzene rings is 1. The third kappa shape index (κ3) is 5.56. The summed E-state index contributed by atoms with van der Waals surface area (Å²) in [6, 6.07) is 11.5. The lowest BCUT2D eigenvalue weighted by molar-refractivity contribution is 0.0182. The number of hydrogen-bond donors (Lipinski definition) is 2. The van der Waals surface area contributed by atoms with Crippen LogP contribution in [0.25, 0.3) is 5.65 Å². The minimum atomic E-state index is -3.05. The Kier molecular flexibility index (Phi) is 7.05. The molecule has 5 rings (SSSR count). The maximum atomic E-state index is 14.0. The monoisotopic (exact) mass is 569 g/mol. The minimum absolute atomic E-state index is 0.129. The van der Waals surface area contributed by atoms with Crippen LogP contribution in [0.15, 0.2) is 65.5 Å². The standard InChI is InChI=1S/C26H26BrF2N7O/c1-26(28,29)19-6-2-3-7-21(19)34-25(37)35-11-8-18(9-12-35)22-13-23(31-15-17-5-4-10-30-14-17)36-24(33-22)20(27)16-32-36/h2-7,10,13-14,16,18,31H,8-9,11-12,15H2,1H3,(H,34,37). The van der Waals surface area contributed by atoms with Gasteiger partial charge in [-0.15, -0.1) is 0 Å². The molecule has 8 nitrogen and oxygen atoms in total. The van der Waals surface area contributed by atoms with E-state index in [-0.39, 0.29) is 23.2 Å². The fourth-order valence-corrected chi connectivity index (χ4v) is 4.88. The molecule has 0 saturated carbocycles. The van der Waals surface area contributed by atoms with Crippen molar-refractivity contribution < 1.29 is 13.6 Å². The van der Waals surface area contributed by atoms with Crippen molar-refractivity contribution in [2.24, 2.45) is 0 Å². The van der Waals surface area contributed by atoms with Crippen molar-refractivity contribution in [3.05, 3.63) is 82.3 Å². The number of nitrogens with zero attached hydrogens (tertiary/aromatic N) is 5. The van der Waals surface area contributed by atoms with Crippen LogP contribution in [0.3, 0.4) is 0 Å². The number of fused-ring (bicyclic) bond motifs is 1. The van der Waals surface area contributed by atoms with E-state index in [1.165, 1.54) is 18.2 Å². The highest BCUT2D eigenvalue weighted by Gasteiger charge is 2.30. The largest absolute Gasteiger partial charge is 0.366 e. The van der Waals surface area contributed by atoms with E-state index in [4.69, 9.17) is 4.98 Å². The molecule has 1 aliphatic heterocycles. The minimum Gasteiger partial charge on any atom is -0.366 e. The molecular weight excluding hydrogens is 544 g/mol. The Bertz CT molecular complexity index is 1400. The molecule has 2 N–H and O–H groups in total. The molecule has 1 saturated heterocycles. The number of alkyl halides is 2. The lowest BCUT2D eigenvalue weighted by atomic mass is 9.93. The molecule has 2 amide bonds. The van der Waals surface area contributed by atoms with Crippen molar-refractivity contribution in [3.8, 4) is 0 Å². The first-order valence-electron chi connectivity index (χ1n) is 12.0. The average Bonchev–Trinajstić information content (AvgIpc) is 3.28. The van der Waals surface area contributed by atoms with E-state index in [1.807, 2.05) is 24.4 Å². The highest BCUT2D eigenvalue weighted by atomic mass is 79.9. The van der Waals surface area contributed by atoms with Crippen LogP contribution in [-0.4, -0.2) is 43.6 Å². The molecule has 0 spiro atoms. The molecule has 0 bridgehead atoms. The van der Waals surface area contributed by atoms with Crippen LogP contribution in [0.1, 0.15) is 42.5 Å². The maximum absolute atomic E-state index is 14.0. The van der Waals surface area contributed by atoms with Crippen molar-refractivity contribution in [1.29, 1.82) is 0 Å². The number of aromatic nitrogens is 4. The van der Waals surface area contributed by atoms with Gasteiger partial charge in [0, 0.05) is 62.2 Å². The molecular formula is C26H26BrF2N7O. The van der Waals surface area contributed by atoms with Crippen LogP contribution >= 0.6 is 15.9 Å². The first kappa shape index (κ1) is 25.1. The van der Waals surface area contributed by atoms with E-state index in [0.29, 0.717) is 38.1 Å². The summed E-state index contributed by atoms with van der Waals surface area (Å²) < 4.78 is 30.5. The first-order chi connectivity index (χ1) is 17.8. The van der Waals surface area contributed by atoms with Crippen molar-refractivity contribution in [2.75, 3.05) is 23.7 Å². The highest BCUT2D eigenvalue weighted by Crippen LogP contribution is 2.34. The maximum Gasteiger partial charge on any atom is 0.321 e. The number of carbonyl (C=O) groups is 1. The number of hydrogen-bond acceptors (Lipinski definition) is 5. The number of rotatable bonds is 6. The summed E-state index contributed by atoms with van der Waals surface area (Å²) in [5.74, 6) is -2.10. The lowest BCUT2D eigenvalue weighted by Gasteiger charge is -2.32. The van der Waals surface area contributed by atoms with Gasteiger partial charge >= 0.3 is 6.03 Å². The van der Waals surface area contributed by atoms with Gasteiger partial charge in [0.2, 0.25) is 0 Å². The van der Waals surface area contributed by atoms with Gasteiger partial charge in [-0.05, 0) is 46.5 Å². The molecule has 0 radical (unpaired) electrons. The molecule has 0 atom stereocenters. The number of pyridine rings is 1. The summed E-state index contributed by atoms with van der Waals surface area (Å²) in [6.45, 7) is 2.40. The van der Waals surface area contributed by atoms with Crippen LogP contribution in [0.4, 0.5) is 25.1 Å². The summed E-state index contributed by atoms with van der Waals surface area (Å²) >= 11 is 3.54. The molecule has 0 unspecified atom stereocenters. The second-order valence-electron chi connectivity index (χ2n) is 9.13. The number of nitrogens with one attached hydrogen (secondary N) is 2. The Balaban J connectivity index is 1.28. The van der Waals surface area contributed by atoms with Gasteiger partial charge < -0.3 is 15.5 Å². The quantitative estimate of drug-likeness (QED) is 0.296. The van der Waals surface area contributed by atoms with Crippen LogP contribution in [0.2, 0.25) is 0 Å². The second kappa shape index (κ2) is 10.4. The van der Waals surface area contributed by atoms with Gasteiger partial charge in [0.25, 0.3) is 5.92 Å². The third-order valence-electron chi connectivity index (χ3n) is 6.49.